The molecule has 0 aliphatic carbocycles. The molecular weight excluding hydrogens is 282 g/mol. The van der Waals surface area contributed by atoms with Gasteiger partial charge >= 0.3 is 0 Å². The predicted molar refractivity (Wildman–Crippen MR) is 81.2 cm³/mol. The van der Waals surface area contributed by atoms with Crippen LogP contribution in [-0.4, -0.2) is 38.0 Å². The molecule has 0 aliphatic rings. The summed E-state index contributed by atoms with van der Waals surface area (Å²) in [5.41, 5.74) is 0. The van der Waals surface area contributed by atoms with Gasteiger partial charge in [0.2, 0.25) is 10.0 Å². The maximum Gasteiger partial charge on any atom is 0.241 e. The van der Waals surface area contributed by atoms with Crippen LogP contribution in [0.1, 0.15) is 20.3 Å². The van der Waals surface area contributed by atoms with Crippen molar-refractivity contribution in [2.24, 2.45) is 0 Å². The van der Waals surface area contributed by atoms with Crippen LogP contribution in [0.25, 0.3) is 0 Å². The van der Waals surface area contributed by atoms with Crippen LogP contribution in [0.5, 0.6) is 0 Å². The van der Waals surface area contributed by atoms with Gasteiger partial charge in [-0.1, -0.05) is 6.92 Å². The van der Waals surface area contributed by atoms with Crippen LogP contribution in [0.2, 0.25) is 0 Å². The molecule has 108 valence electrons. The van der Waals surface area contributed by atoms with Gasteiger partial charge in [0.05, 0.1) is 4.90 Å². The summed E-state index contributed by atoms with van der Waals surface area (Å²) in [6.45, 7) is 4.61. The number of rotatable bonds is 8. The summed E-state index contributed by atoms with van der Waals surface area (Å²) in [5.74, 6) is 1.34. The number of pyridine rings is 1. The van der Waals surface area contributed by atoms with Crippen LogP contribution in [-0.2, 0) is 10.0 Å². The summed E-state index contributed by atoms with van der Waals surface area (Å²) < 4.78 is 27.2. The van der Waals surface area contributed by atoms with Gasteiger partial charge in [0.15, 0.2) is 0 Å². The predicted octanol–water partition coefficient (Wildman–Crippen LogP) is 1.93. The van der Waals surface area contributed by atoms with E-state index in [0.717, 1.165) is 12.2 Å². The van der Waals surface area contributed by atoms with Crippen molar-refractivity contribution in [3.8, 4) is 0 Å². The second kappa shape index (κ2) is 7.72. The Morgan fingerprint density at radius 2 is 2.16 bits per heavy atom. The van der Waals surface area contributed by atoms with Gasteiger partial charge < -0.3 is 5.32 Å². The van der Waals surface area contributed by atoms with E-state index in [1.165, 1.54) is 12.3 Å². The number of hydrogen-bond donors (Lipinski definition) is 2. The third-order valence-electron chi connectivity index (χ3n) is 2.58. The summed E-state index contributed by atoms with van der Waals surface area (Å²) in [7, 11) is -3.48. The quantitative estimate of drug-likeness (QED) is 0.768. The summed E-state index contributed by atoms with van der Waals surface area (Å²) >= 11 is 1.63. The third-order valence-corrected chi connectivity index (χ3v) is 4.84. The summed E-state index contributed by atoms with van der Waals surface area (Å²) in [6, 6.07) is 3.02. The molecule has 1 aromatic heterocycles. The lowest BCUT2D eigenvalue weighted by atomic mass is 10.3. The summed E-state index contributed by atoms with van der Waals surface area (Å²) in [6.07, 6.45) is 4.24. The van der Waals surface area contributed by atoms with Gasteiger partial charge in [-0.15, -0.1) is 0 Å². The van der Waals surface area contributed by atoms with Gasteiger partial charge in [-0.2, -0.15) is 11.8 Å². The zero-order valence-electron chi connectivity index (χ0n) is 11.5. The van der Waals surface area contributed by atoms with Crippen LogP contribution in [0.3, 0.4) is 0 Å². The van der Waals surface area contributed by atoms with Crippen LogP contribution < -0.4 is 10.0 Å². The fourth-order valence-corrected chi connectivity index (χ4v) is 3.74. The Morgan fingerprint density at radius 3 is 2.74 bits per heavy atom. The Balaban J connectivity index is 2.89. The average Bonchev–Trinajstić information content (AvgIpc) is 2.39. The molecule has 0 saturated heterocycles. The lowest BCUT2D eigenvalue weighted by Gasteiger charge is -2.16. The van der Waals surface area contributed by atoms with Gasteiger partial charge in [0, 0.05) is 30.6 Å². The van der Waals surface area contributed by atoms with Crippen molar-refractivity contribution >= 4 is 27.6 Å². The molecule has 19 heavy (non-hydrogen) atoms. The highest BCUT2D eigenvalue weighted by atomic mass is 32.2. The largest absolute Gasteiger partial charge is 0.370 e. The first-order chi connectivity index (χ1) is 9.03. The zero-order valence-corrected chi connectivity index (χ0v) is 13.1. The number of nitrogens with zero attached hydrogens (tertiary/aromatic N) is 1. The Morgan fingerprint density at radius 1 is 1.42 bits per heavy atom. The van der Waals surface area contributed by atoms with E-state index in [2.05, 4.69) is 15.0 Å². The van der Waals surface area contributed by atoms with Crippen LogP contribution in [0.15, 0.2) is 23.2 Å². The molecule has 0 bridgehead atoms. The standard InChI is InChI=1S/C12H21N3O2S2/c1-4-10(9-18-3)15-19(16,17)11-6-7-14-12(8-11)13-5-2/h6-8,10,15H,4-5,9H2,1-3H3,(H,13,14). The maximum absolute atomic E-state index is 12.3. The van der Waals surface area contributed by atoms with Crippen molar-refractivity contribution in [1.82, 2.24) is 9.71 Å². The lowest BCUT2D eigenvalue weighted by Crippen LogP contribution is -2.36. The number of anilines is 1. The molecule has 0 aliphatic heterocycles. The first-order valence-corrected chi connectivity index (χ1v) is 9.12. The minimum atomic E-state index is -3.48. The van der Waals surface area contributed by atoms with E-state index >= 15 is 0 Å². The Labute approximate surface area is 119 Å². The molecule has 5 nitrogen and oxygen atoms in total. The Hall–Kier alpha value is -0.790. The molecule has 1 rings (SSSR count). The SMILES string of the molecule is CCNc1cc(S(=O)(=O)NC(CC)CSC)ccn1. The van der Waals surface area contributed by atoms with Gasteiger partial charge in [0.25, 0.3) is 0 Å². The molecule has 0 radical (unpaired) electrons. The van der Waals surface area contributed by atoms with Crippen molar-refractivity contribution in [3.05, 3.63) is 18.3 Å². The molecular formula is C12H21N3O2S2. The fraction of sp³-hybridized carbons (Fsp3) is 0.583. The highest BCUT2D eigenvalue weighted by Crippen LogP contribution is 2.14. The molecule has 0 spiro atoms. The minimum Gasteiger partial charge on any atom is -0.370 e. The molecule has 0 saturated carbocycles. The van der Waals surface area contributed by atoms with E-state index in [9.17, 15) is 8.42 Å². The summed E-state index contributed by atoms with van der Waals surface area (Å²) in [4.78, 5) is 4.32. The van der Waals surface area contributed by atoms with Gasteiger partial charge in [-0.05, 0) is 25.7 Å². The van der Waals surface area contributed by atoms with Crippen molar-refractivity contribution in [2.45, 2.75) is 31.2 Å². The zero-order chi connectivity index (χ0) is 14.3. The van der Waals surface area contributed by atoms with Gasteiger partial charge in [0.1, 0.15) is 5.82 Å². The van der Waals surface area contributed by atoms with Gasteiger partial charge in [-0.25, -0.2) is 18.1 Å². The molecule has 2 N–H and O–H groups in total. The number of hydrogen-bond acceptors (Lipinski definition) is 5. The smallest absolute Gasteiger partial charge is 0.241 e. The van der Waals surface area contributed by atoms with Crippen LogP contribution >= 0.6 is 11.8 Å². The van der Waals surface area contributed by atoms with Crippen molar-refractivity contribution < 1.29 is 8.42 Å². The molecule has 0 fully saturated rings. The molecule has 0 amide bonds. The number of nitrogens with one attached hydrogen (secondary N) is 2. The highest BCUT2D eigenvalue weighted by Gasteiger charge is 2.19. The highest BCUT2D eigenvalue weighted by molar-refractivity contribution is 7.98. The second-order valence-electron chi connectivity index (χ2n) is 4.09. The van der Waals surface area contributed by atoms with Crippen LogP contribution in [0, 0.1) is 0 Å². The van der Waals surface area contributed by atoms with Crippen molar-refractivity contribution in [2.75, 3.05) is 23.9 Å². The minimum absolute atomic E-state index is 0.0456. The van der Waals surface area contributed by atoms with Crippen molar-refractivity contribution in [3.63, 3.8) is 0 Å². The first kappa shape index (κ1) is 16.3. The molecule has 7 heteroatoms. The topological polar surface area (TPSA) is 71.1 Å². The van der Waals surface area contributed by atoms with Gasteiger partial charge in [-0.3, -0.25) is 0 Å². The third kappa shape index (κ3) is 5.00. The lowest BCUT2D eigenvalue weighted by molar-refractivity contribution is 0.558. The van der Waals surface area contributed by atoms with E-state index in [-0.39, 0.29) is 10.9 Å². The van der Waals surface area contributed by atoms with Crippen LogP contribution in [0.4, 0.5) is 5.82 Å². The van der Waals surface area contributed by atoms with Crippen molar-refractivity contribution in [1.29, 1.82) is 0 Å². The molecule has 0 aromatic carbocycles. The molecule has 1 unspecified atom stereocenters. The average molecular weight is 303 g/mol. The Bertz CT molecular complexity index is 492. The van der Waals surface area contributed by atoms with E-state index < -0.39 is 10.0 Å². The van der Waals surface area contributed by atoms with E-state index in [1.54, 1.807) is 17.8 Å². The van der Waals surface area contributed by atoms with E-state index in [4.69, 9.17) is 0 Å². The molecule has 1 heterocycles. The molecule has 1 aromatic rings. The number of aromatic nitrogens is 1. The summed E-state index contributed by atoms with van der Waals surface area (Å²) in [5, 5.41) is 3.01. The first-order valence-electron chi connectivity index (χ1n) is 6.24. The van der Waals surface area contributed by atoms with E-state index in [1.807, 2.05) is 20.1 Å². The second-order valence-corrected chi connectivity index (χ2v) is 6.71. The maximum atomic E-state index is 12.3. The monoisotopic (exact) mass is 303 g/mol. The van der Waals surface area contributed by atoms with E-state index in [0.29, 0.717) is 12.4 Å². The number of thioether (sulfide) groups is 1. The normalized spacial score (nSPS) is 13.2. The number of sulfonamides is 1. The fourth-order valence-electron chi connectivity index (χ4n) is 1.58. The molecule has 1 atom stereocenters. The Kier molecular flexibility index (Phi) is 6.60.